The number of nitrogens with one attached hydrogen (secondary N) is 1. The number of hydrogen-bond donors (Lipinski definition) is 1. The fourth-order valence-electron chi connectivity index (χ4n) is 1.11. The minimum atomic E-state index is -2.96. The van der Waals surface area contributed by atoms with Gasteiger partial charge < -0.3 is 5.32 Å². The van der Waals surface area contributed by atoms with E-state index in [1.807, 2.05) is 6.07 Å². The molecule has 1 aromatic carbocycles. The summed E-state index contributed by atoms with van der Waals surface area (Å²) in [6.07, 6.45) is 1.19. The van der Waals surface area contributed by atoms with Gasteiger partial charge in [0.05, 0.1) is 17.0 Å². The molecule has 5 heteroatoms. The topological polar surface area (TPSA) is 70.0 Å². The van der Waals surface area contributed by atoms with E-state index in [1.54, 1.807) is 24.3 Å². The molecule has 15 heavy (non-hydrogen) atoms. The van der Waals surface area contributed by atoms with Crippen LogP contribution < -0.4 is 5.32 Å². The van der Waals surface area contributed by atoms with Crippen LogP contribution in [0.1, 0.15) is 5.56 Å². The highest BCUT2D eigenvalue weighted by molar-refractivity contribution is 7.90. The van der Waals surface area contributed by atoms with Crippen LogP contribution in [-0.4, -0.2) is 27.0 Å². The molecule has 0 unspecified atom stereocenters. The van der Waals surface area contributed by atoms with Gasteiger partial charge in [-0.05, 0) is 12.1 Å². The Morgan fingerprint density at radius 3 is 2.67 bits per heavy atom. The number of para-hydroxylation sites is 1. The van der Waals surface area contributed by atoms with E-state index in [0.717, 1.165) is 0 Å². The standard InChI is InChI=1S/C10H12N2O2S/c1-15(13,14)7-6-12-10-5-3-2-4-9(10)8-11/h2-5,12H,6-7H2,1H3. The molecule has 1 rings (SSSR count). The van der Waals surface area contributed by atoms with Crippen molar-refractivity contribution in [3.63, 3.8) is 0 Å². The smallest absolute Gasteiger partial charge is 0.149 e. The van der Waals surface area contributed by atoms with Gasteiger partial charge in [0, 0.05) is 12.8 Å². The SMILES string of the molecule is CS(=O)(=O)CCNc1ccccc1C#N. The quantitative estimate of drug-likeness (QED) is 0.828. The van der Waals surface area contributed by atoms with Gasteiger partial charge >= 0.3 is 0 Å². The zero-order valence-corrected chi connectivity index (χ0v) is 9.21. The highest BCUT2D eigenvalue weighted by Crippen LogP contribution is 2.12. The third-order valence-electron chi connectivity index (χ3n) is 1.84. The van der Waals surface area contributed by atoms with E-state index >= 15 is 0 Å². The number of rotatable bonds is 4. The van der Waals surface area contributed by atoms with E-state index in [9.17, 15) is 8.42 Å². The molecule has 0 saturated heterocycles. The van der Waals surface area contributed by atoms with Crippen molar-refractivity contribution in [2.75, 3.05) is 23.9 Å². The van der Waals surface area contributed by atoms with Crippen LogP contribution >= 0.6 is 0 Å². The lowest BCUT2D eigenvalue weighted by Gasteiger charge is -2.06. The Labute approximate surface area is 89.5 Å². The van der Waals surface area contributed by atoms with E-state index in [-0.39, 0.29) is 5.75 Å². The molecule has 80 valence electrons. The summed E-state index contributed by atoms with van der Waals surface area (Å²) < 4.78 is 21.7. The first-order valence-corrected chi connectivity index (χ1v) is 6.50. The Balaban J connectivity index is 2.63. The van der Waals surface area contributed by atoms with Crippen molar-refractivity contribution in [1.29, 1.82) is 5.26 Å². The summed E-state index contributed by atoms with van der Waals surface area (Å²) in [6.45, 7) is 0.317. The number of anilines is 1. The second-order valence-electron chi connectivity index (χ2n) is 3.21. The third kappa shape index (κ3) is 4.00. The van der Waals surface area contributed by atoms with Crippen LogP contribution in [0.15, 0.2) is 24.3 Å². The number of nitrogens with zero attached hydrogens (tertiary/aromatic N) is 1. The molecular formula is C10H12N2O2S. The third-order valence-corrected chi connectivity index (χ3v) is 2.78. The molecule has 0 saturated carbocycles. The molecule has 0 aliphatic rings. The van der Waals surface area contributed by atoms with Crippen LogP contribution in [-0.2, 0) is 9.84 Å². The van der Waals surface area contributed by atoms with E-state index in [4.69, 9.17) is 5.26 Å². The predicted molar refractivity (Wildman–Crippen MR) is 59.4 cm³/mol. The second kappa shape index (κ2) is 4.80. The Morgan fingerprint density at radius 2 is 2.07 bits per heavy atom. The first kappa shape index (κ1) is 11.5. The molecule has 0 amide bonds. The Hall–Kier alpha value is -1.54. The maximum atomic E-state index is 10.9. The molecule has 0 atom stereocenters. The summed E-state index contributed by atoms with van der Waals surface area (Å²) in [6, 6.07) is 9.02. The molecule has 0 aliphatic heterocycles. The number of benzene rings is 1. The summed E-state index contributed by atoms with van der Waals surface area (Å²) in [4.78, 5) is 0. The molecule has 1 N–H and O–H groups in total. The van der Waals surface area contributed by atoms with Gasteiger partial charge in [-0.2, -0.15) is 5.26 Å². The van der Waals surface area contributed by atoms with Gasteiger partial charge in [-0.1, -0.05) is 12.1 Å². The summed E-state index contributed by atoms with van der Waals surface area (Å²) >= 11 is 0. The molecule has 0 bridgehead atoms. The summed E-state index contributed by atoms with van der Waals surface area (Å²) in [5.41, 5.74) is 1.19. The Morgan fingerprint density at radius 1 is 1.40 bits per heavy atom. The lowest BCUT2D eigenvalue weighted by molar-refractivity contribution is 0.602. The lowest BCUT2D eigenvalue weighted by Crippen LogP contribution is -2.14. The van der Waals surface area contributed by atoms with Gasteiger partial charge in [0.25, 0.3) is 0 Å². The molecule has 0 heterocycles. The average Bonchev–Trinajstić information content (AvgIpc) is 2.16. The maximum absolute atomic E-state index is 10.9. The second-order valence-corrected chi connectivity index (χ2v) is 5.47. The van der Waals surface area contributed by atoms with Gasteiger partial charge in [-0.25, -0.2) is 8.42 Å². The Kier molecular flexibility index (Phi) is 3.69. The molecule has 1 aromatic rings. The van der Waals surface area contributed by atoms with Crippen molar-refractivity contribution < 1.29 is 8.42 Å². The molecule has 4 nitrogen and oxygen atoms in total. The van der Waals surface area contributed by atoms with E-state index in [0.29, 0.717) is 17.8 Å². The highest BCUT2D eigenvalue weighted by Gasteiger charge is 2.03. The first-order valence-electron chi connectivity index (χ1n) is 4.43. The van der Waals surface area contributed by atoms with Gasteiger partial charge in [-0.15, -0.1) is 0 Å². The van der Waals surface area contributed by atoms with Gasteiger partial charge in [0.2, 0.25) is 0 Å². The van der Waals surface area contributed by atoms with Crippen molar-refractivity contribution in [3.05, 3.63) is 29.8 Å². The van der Waals surface area contributed by atoms with E-state index < -0.39 is 9.84 Å². The fourth-order valence-corrected chi connectivity index (χ4v) is 1.58. The molecular weight excluding hydrogens is 212 g/mol. The van der Waals surface area contributed by atoms with Crippen LogP contribution in [0.2, 0.25) is 0 Å². The Bertz CT molecular complexity index is 474. The molecule has 0 aromatic heterocycles. The lowest BCUT2D eigenvalue weighted by atomic mass is 10.2. The van der Waals surface area contributed by atoms with E-state index in [1.165, 1.54) is 6.26 Å². The van der Waals surface area contributed by atoms with Crippen molar-refractivity contribution in [1.82, 2.24) is 0 Å². The van der Waals surface area contributed by atoms with Gasteiger partial charge in [0.15, 0.2) is 0 Å². The maximum Gasteiger partial charge on any atom is 0.149 e. The van der Waals surface area contributed by atoms with E-state index in [2.05, 4.69) is 5.32 Å². The fraction of sp³-hybridized carbons (Fsp3) is 0.300. The van der Waals surface area contributed by atoms with Crippen LogP contribution in [0.25, 0.3) is 0 Å². The molecule has 0 fully saturated rings. The van der Waals surface area contributed by atoms with Crippen molar-refractivity contribution >= 4 is 15.5 Å². The van der Waals surface area contributed by atoms with Gasteiger partial charge in [-0.3, -0.25) is 0 Å². The highest BCUT2D eigenvalue weighted by atomic mass is 32.2. The van der Waals surface area contributed by atoms with Gasteiger partial charge in [0.1, 0.15) is 15.9 Å². The molecule has 0 spiro atoms. The average molecular weight is 224 g/mol. The zero-order valence-electron chi connectivity index (χ0n) is 8.40. The molecule has 0 aliphatic carbocycles. The van der Waals surface area contributed by atoms with Crippen molar-refractivity contribution in [3.8, 4) is 6.07 Å². The van der Waals surface area contributed by atoms with Crippen LogP contribution in [0.4, 0.5) is 5.69 Å². The normalized spacial score (nSPS) is 10.7. The largest absolute Gasteiger partial charge is 0.383 e. The minimum Gasteiger partial charge on any atom is -0.383 e. The van der Waals surface area contributed by atoms with Crippen LogP contribution in [0.5, 0.6) is 0 Å². The van der Waals surface area contributed by atoms with Crippen LogP contribution in [0.3, 0.4) is 0 Å². The summed E-state index contributed by atoms with van der Waals surface area (Å²) in [7, 11) is -2.96. The number of hydrogen-bond acceptors (Lipinski definition) is 4. The van der Waals surface area contributed by atoms with Crippen molar-refractivity contribution in [2.45, 2.75) is 0 Å². The zero-order chi connectivity index (χ0) is 11.3. The summed E-state index contributed by atoms with van der Waals surface area (Å²) in [5.74, 6) is 0.0623. The number of sulfone groups is 1. The molecule has 0 radical (unpaired) electrons. The predicted octanol–water partition coefficient (Wildman–Crippen LogP) is 1.01. The monoisotopic (exact) mass is 224 g/mol. The first-order chi connectivity index (χ1) is 7.03. The van der Waals surface area contributed by atoms with Crippen molar-refractivity contribution in [2.24, 2.45) is 0 Å². The number of nitriles is 1. The summed E-state index contributed by atoms with van der Waals surface area (Å²) in [5, 5.41) is 11.7. The minimum absolute atomic E-state index is 0.0623. The van der Waals surface area contributed by atoms with Crippen LogP contribution in [0, 0.1) is 11.3 Å².